The van der Waals surface area contributed by atoms with Gasteiger partial charge in [-0.3, -0.25) is 0 Å². The molecule has 0 saturated heterocycles. The second kappa shape index (κ2) is 9.06. The molecule has 0 saturated carbocycles. The van der Waals surface area contributed by atoms with E-state index in [-0.39, 0.29) is 6.61 Å². The Bertz CT molecular complexity index is 1140. The molecule has 7 nitrogen and oxygen atoms in total. The Morgan fingerprint density at radius 2 is 2.10 bits per heavy atom. The van der Waals surface area contributed by atoms with Gasteiger partial charge >= 0.3 is 5.97 Å². The highest BCUT2D eigenvalue weighted by molar-refractivity contribution is 6.30. The van der Waals surface area contributed by atoms with Crippen LogP contribution in [0, 0.1) is 0 Å². The number of carbonyl (C=O) groups excluding carboxylic acids is 1. The molecule has 0 spiro atoms. The third-order valence-corrected chi connectivity index (χ3v) is 5.07. The quantitative estimate of drug-likeness (QED) is 0.433. The summed E-state index contributed by atoms with van der Waals surface area (Å²) >= 11 is 6.03. The number of ether oxygens (including phenoxy) is 2. The van der Waals surface area contributed by atoms with E-state index < -0.39 is 12.0 Å². The summed E-state index contributed by atoms with van der Waals surface area (Å²) in [5.41, 5.74) is 2.97. The molecule has 3 aromatic rings. The van der Waals surface area contributed by atoms with Crippen molar-refractivity contribution in [3.05, 3.63) is 94.9 Å². The molecule has 0 aliphatic carbocycles. The lowest BCUT2D eigenvalue weighted by Crippen LogP contribution is -2.29. The van der Waals surface area contributed by atoms with Crippen LogP contribution >= 0.6 is 11.6 Å². The number of anilines is 1. The maximum absolute atomic E-state index is 12.8. The monoisotopic (exact) mass is 436 g/mol. The van der Waals surface area contributed by atoms with Crippen molar-refractivity contribution in [3.8, 4) is 5.75 Å². The molecule has 1 aromatic heterocycles. The number of nitrogens with one attached hydrogen (secondary N) is 1. The fraction of sp³-hybridized carbons (Fsp3) is 0.174. The molecule has 1 unspecified atom stereocenters. The van der Waals surface area contributed by atoms with Gasteiger partial charge in [-0.1, -0.05) is 48.5 Å². The van der Waals surface area contributed by atoms with Gasteiger partial charge in [0.05, 0.1) is 5.57 Å². The lowest BCUT2D eigenvalue weighted by molar-refractivity contribution is -0.138. The Hall–Kier alpha value is -3.58. The molecule has 0 radical (unpaired) electrons. The van der Waals surface area contributed by atoms with Crippen LogP contribution in [0.4, 0.5) is 5.95 Å². The molecule has 1 atom stereocenters. The summed E-state index contributed by atoms with van der Waals surface area (Å²) < 4.78 is 12.9. The number of rotatable bonds is 7. The van der Waals surface area contributed by atoms with Crippen molar-refractivity contribution in [1.29, 1.82) is 0 Å². The van der Waals surface area contributed by atoms with Crippen LogP contribution in [0.5, 0.6) is 5.75 Å². The number of nitrogens with zero attached hydrogens (tertiary/aromatic N) is 3. The molecule has 0 amide bonds. The van der Waals surface area contributed by atoms with E-state index in [4.69, 9.17) is 21.1 Å². The van der Waals surface area contributed by atoms with Crippen LogP contribution in [0.15, 0.2) is 78.8 Å². The summed E-state index contributed by atoms with van der Waals surface area (Å²) in [5.74, 6) is 0.828. The van der Waals surface area contributed by atoms with Crippen LogP contribution in [0.3, 0.4) is 0 Å². The Kier molecular flexibility index (Phi) is 6.04. The van der Waals surface area contributed by atoms with Crippen molar-refractivity contribution >= 4 is 23.5 Å². The van der Waals surface area contributed by atoms with Gasteiger partial charge in [-0.25, -0.2) is 9.48 Å². The average Bonchev–Trinajstić information content (AvgIpc) is 3.23. The molecule has 4 rings (SSSR count). The molecule has 1 N–H and O–H groups in total. The van der Waals surface area contributed by atoms with Gasteiger partial charge in [-0.15, -0.1) is 0 Å². The minimum atomic E-state index is -0.474. The summed E-state index contributed by atoms with van der Waals surface area (Å²) in [6, 6.07) is 14.6. The predicted molar refractivity (Wildman–Crippen MR) is 118 cm³/mol. The third kappa shape index (κ3) is 4.46. The fourth-order valence-corrected chi connectivity index (χ4v) is 3.63. The lowest BCUT2D eigenvalue weighted by atomic mass is 9.96. The molecular formula is C23H21ClN4O3. The van der Waals surface area contributed by atoms with Gasteiger partial charge in [0.25, 0.3) is 0 Å². The number of hydrogen-bond donors (Lipinski definition) is 1. The Balaban J connectivity index is 1.59. The Morgan fingerprint density at radius 1 is 1.29 bits per heavy atom. The van der Waals surface area contributed by atoms with E-state index in [1.165, 1.54) is 12.4 Å². The van der Waals surface area contributed by atoms with E-state index in [2.05, 4.69) is 22.0 Å². The minimum absolute atomic E-state index is 0.128. The first kappa shape index (κ1) is 20.7. The van der Waals surface area contributed by atoms with Crippen LogP contribution in [0.25, 0.3) is 0 Å². The number of esters is 1. The van der Waals surface area contributed by atoms with Gasteiger partial charge in [0.2, 0.25) is 5.95 Å². The molecule has 1 aliphatic heterocycles. The summed E-state index contributed by atoms with van der Waals surface area (Å²) in [4.78, 5) is 17.0. The van der Waals surface area contributed by atoms with Crippen LogP contribution in [0.1, 0.15) is 24.1 Å². The normalized spacial score (nSPS) is 15.1. The van der Waals surface area contributed by atoms with Gasteiger partial charge < -0.3 is 14.8 Å². The third-order valence-electron chi connectivity index (χ3n) is 4.84. The maximum Gasteiger partial charge on any atom is 0.338 e. The number of aromatic nitrogens is 3. The van der Waals surface area contributed by atoms with Crippen molar-refractivity contribution < 1.29 is 14.3 Å². The molecule has 31 heavy (non-hydrogen) atoms. The van der Waals surface area contributed by atoms with E-state index in [1.807, 2.05) is 55.5 Å². The zero-order valence-electron chi connectivity index (χ0n) is 16.9. The smallest absolute Gasteiger partial charge is 0.338 e. The maximum atomic E-state index is 12.8. The SMILES string of the molecule is C=CCOC(=O)C1=C(C)Nc2ncnn2C1c1ccc(OCc2cccc(Cl)c2)cc1. The Labute approximate surface area is 185 Å². The standard InChI is InChI=1S/C23H21ClN4O3/c1-3-11-30-22(29)20-15(2)27-23-25-14-26-28(23)21(20)17-7-9-19(10-8-17)31-13-16-5-4-6-18(24)12-16/h3-10,12,14,21H,1,11,13H2,2H3,(H,25,26,27). The first-order valence-electron chi connectivity index (χ1n) is 9.69. The van der Waals surface area contributed by atoms with Crippen molar-refractivity contribution in [1.82, 2.24) is 14.8 Å². The van der Waals surface area contributed by atoms with Crippen LogP contribution in [-0.4, -0.2) is 27.3 Å². The van der Waals surface area contributed by atoms with Gasteiger partial charge in [0, 0.05) is 10.7 Å². The highest BCUT2D eigenvalue weighted by Gasteiger charge is 2.34. The average molecular weight is 437 g/mol. The summed E-state index contributed by atoms with van der Waals surface area (Å²) in [6.07, 6.45) is 2.98. The first-order valence-corrected chi connectivity index (χ1v) is 10.1. The predicted octanol–water partition coefficient (Wildman–Crippen LogP) is 4.53. The van der Waals surface area contributed by atoms with Crippen LogP contribution in [0.2, 0.25) is 5.02 Å². The number of halogens is 1. The van der Waals surface area contributed by atoms with Crippen molar-refractivity contribution in [2.45, 2.75) is 19.6 Å². The van der Waals surface area contributed by atoms with Crippen LogP contribution < -0.4 is 10.1 Å². The van der Waals surface area contributed by atoms with Gasteiger partial charge in [0.15, 0.2) is 0 Å². The lowest BCUT2D eigenvalue weighted by Gasteiger charge is -2.28. The second-order valence-corrected chi connectivity index (χ2v) is 7.41. The van der Waals surface area contributed by atoms with E-state index in [1.54, 1.807) is 4.68 Å². The molecule has 0 fully saturated rings. The largest absolute Gasteiger partial charge is 0.489 e. The number of benzene rings is 2. The van der Waals surface area contributed by atoms with E-state index in [9.17, 15) is 4.79 Å². The molecule has 158 valence electrons. The highest BCUT2D eigenvalue weighted by Crippen LogP contribution is 2.35. The summed E-state index contributed by atoms with van der Waals surface area (Å²) in [7, 11) is 0. The zero-order chi connectivity index (χ0) is 21.8. The minimum Gasteiger partial charge on any atom is -0.489 e. The zero-order valence-corrected chi connectivity index (χ0v) is 17.7. The van der Waals surface area contributed by atoms with E-state index in [0.717, 1.165) is 11.1 Å². The van der Waals surface area contributed by atoms with Gasteiger partial charge in [-0.2, -0.15) is 10.1 Å². The summed E-state index contributed by atoms with van der Waals surface area (Å²) in [6.45, 7) is 5.94. The Morgan fingerprint density at radius 3 is 2.84 bits per heavy atom. The van der Waals surface area contributed by atoms with Crippen molar-refractivity contribution in [3.63, 3.8) is 0 Å². The van der Waals surface area contributed by atoms with Crippen molar-refractivity contribution in [2.24, 2.45) is 0 Å². The summed E-state index contributed by atoms with van der Waals surface area (Å²) in [5, 5.41) is 8.08. The van der Waals surface area contributed by atoms with E-state index in [0.29, 0.717) is 34.6 Å². The first-order chi connectivity index (χ1) is 15.1. The topological polar surface area (TPSA) is 78.3 Å². The fourth-order valence-electron chi connectivity index (χ4n) is 3.42. The van der Waals surface area contributed by atoms with Crippen LogP contribution in [-0.2, 0) is 16.1 Å². The number of fused-ring (bicyclic) bond motifs is 1. The molecule has 8 heteroatoms. The molecule has 2 aromatic carbocycles. The number of hydrogen-bond acceptors (Lipinski definition) is 6. The second-order valence-electron chi connectivity index (χ2n) is 6.97. The number of carbonyl (C=O) groups is 1. The highest BCUT2D eigenvalue weighted by atomic mass is 35.5. The van der Waals surface area contributed by atoms with Crippen molar-refractivity contribution in [2.75, 3.05) is 11.9 Å². The van der Waals surface area contributed by atoms with Gasteiger partial charge in [-0.05, 0) is 42.3 Å². The van der Waals surface area contributed by atoms with Gasteiger partial charge in [0.1, 0.15) is 31.3 Å². The number of allylic oxidation sites excluding steroid dienone is 1. The van der Waals surface area contributed by atoms with E-state index >= 15 is 0 Å². The molecule has 1 aliphatic rings. The molecule has 2 heterocycles. The molecule has 0 bridgehead atoms. The molecular weight excluding hydrogens is 416 g/mol.